The van der Waals surface area contributed by atoms with Crippen LogP contribution >= 0.6 is 11.3 Å². The van der Waals surface area contributed by atoms with Gasteiger partial charge in [0.05, 0.1) is 6.54 Å². The van der Waals surface area contributed by atoms with E-state index in [1.54, 1.807) is 11.3 Å². The molecule has 0 saturated carbocycles. The van der Waals surface area contributed by atoms with Crippen LogP contribution in [0.4, 0.5) is 10.5 Å². The van der Waals surface area contributed by atoms with Crippen LogP contribution in [0.3, 0.4) is 0 Å². The topological polar surface area (TPSA) is 41.1 Å². The summed E-state index contributed by atoms with van der Waals surface area (Å²) >= 11 is 1.64. The van der Waals surface area contributed by atoms with Crippen LogP contribution in [0.1, 0.15) is 42.7 Å². The number of rotatable bonds is 5. The number of carbonyl (C=O) groups excluding carboxylic acids is 1. The van der Waals surface area contributed by atoms with E-state index in [1.165, 1.54) is 11.1 Å². The molecule has 0 spiro atoms. The highest BCUT2D eigenvalue weighted by Crippen LogP contribution is 2.28. The lowest BCUT2D eigenvalue weighted by atomic mass is 9.97. The molecule has 1 aromatic heterocycles. The second-order valence-corrected chi connectivity index (χ2v) is 6.31. The Bertz CT molecular complexity index is 591. The SMILES string of the molecule is CCc1cccc(C(C)C)c1NC(=O)NCc1cccs1. The summed E-state index contributed by atoms with van der Waals surface area (Å²) in [7, 11) is 0. The molecule has 2 rings (SSSR count). The van der Waals surface area contributed by atoms with Crippen LogP contribution in [-0.2, 0) is 13.0 Å². The first-order valence-corrected chi connectivity index (χ1v) is 8.18. The third kappa shape index (κ3) is 4.08. The molecular formula is C17H22N2OS. The number of carbonyl (C=O) groups is 1. The summed E-state index contributed by atoms with van der Waals surface area (Å²) in [4.78, 5) is 13.3. The van der Waals surface area contributed by atoms with Gasteiger partial charge in [-0.15, -0.1) is 11.3 Å². The van der Waals surface area contributed by atoms with Crippen LogP contribution in [0.15, 0.2) is 35.7 Å². The van der Waals surface area contributed by atoms with E-state index in [1.807, 2.05) is 17.5 Å². The van der Waals surface area contributed by atoms with Gasteiger partial charge in [-0.2, -0.15) is 0 Å². The van der Waals surface area contributed by atoms with Gasteiger partial charge in [0.1, 0.15) is 0 Å². The molecule has 0 radical (unpaired) electrons. The van der Waals surface area contributed by atoms with Crippen LogP contribution < -0.4 is 10.6 Å². The Labute approximate surface area is 130 Å². The van der Waals surface area contributed by atoms with Crippen LogP contribution in [0.25, 0.3) is 0 Å². The van der Waals surface area contributed by atoms with E-state index in [0.717, 1.165) is 17.0 Å². The third-order valence-corrected chi connectivity index (χ3v) is 4.30. The summed E-state index contributed by atoms with van der Waals surface area (Å²) in [5.41, 5.74) is 3.31. The maximum Gasteiger partial charge on any atom is 0.319 e. The molecule has 1 heterocycles. The fourth-order valence-corrected chi connectivity index (χ4v) is 2.93. The van der Waals surface area contributed by atoms with Crippen molar-refractivity contribution in [1.29, 1.82) is 0 Å². The summed E-state index contributed by atoms with van der Waals surface area (Å²) in [6, 6.07) is 10.1. The Morgan fingerprint density at radius 3 is 2.67 bits per heavy atom. The molecule has 4 heteroatoms. The average molecular weight is 302 g/mol. The average Bonchev–Trinajstić information content (AvgIpc) is 2.98. The molecule has 0 saturated heterocycles. The number of aryl methyl sites for hydroxylation is 1. The highest BCUT2D eigenvalue weighted by molar-refractivity contribution is 7.09. The van der Waals surface area contributed by atoms with Gasteiger partial charge < -0.3 is 10.6 Å². The summed E-state index contributed by atoms with van der Waals surface area (Å²) in [5, 5.41) is 7.95. The standard InChI is InChI=1S/C17H22N2OS/c1-4-13-7-5-9-15(12(2)3)16(13)19-17(20)18-11-14-8-6-10-21-14/h5-10,12H,4,11H2,1-3H3,(H2,18,19,20). The monoisotopic (exact) mass is 302 g/mol. The van der Waals surface area contributed by atoms with Crippen molar-refractivity contribution in [1.82, 2.24) is 5.32 Å². The predicted molar refractivity (Wildman–Crippen MR) is 90.1 cm³/mol. The largest absolute Gasteiger partial charge is 0.333 e. The predicted octanol–water partition coefficient (Wildman–Crippen LogP) is 4.76. The molecule has 0 aliphatic heterocycles. The zero-order chi connectivity index (χ0) is 15.2. The number of benzene rings is 1. The molecule has 0 bridgehead atoms. The molecule has 0 atom stereocenters. The maximum atomic E-state index is 12.1. The Morgan fingerprint density at radius 2 is 2.05 bits per heavy atom. The number of hydrogen-bond donors (Lipinski definition) is 2. The van der Waals surface area contributed by atoms with Gasteiger partial charge in [0, 0.05) is 10.6 Å². The summed E-state index contributed by atoms with van der Waals surface area (Å²) < 4.78 is 0. The molecule has 1 aromatic carbocycles. The molecule has 0 unspecified atom stereocenters. The van der Waals surface area contributed by atoms with Crippen molar-refractivity contribution in [3.8, 4) is 0 Å². The van der Waals surface area contributed by atoms with Gasteiger partial charge in [0.25, 0.3) is 0 Å². The number of urea groups is 1. The van der Waals surface area contributed by atoms with Crippen LogP contribution in [0.5, 0.6) is 0 Å². The molecule has 3 nitrogen and oxygen atoms in total. The molecule has 112 valence electrons. The number of amides is 2. The summed E-state index contributed by atoms with van der Waals surface area (Å²) in [6.07, 6.45) is 0.904. The van der Waals surface area contributed by atoms with Gasteiger partial charge in [0.15, 0.2) is 0 Å². The first-order valence-electron chi connectivity index (χ1n) is 7.30. The minimum Gasteiger partial charge on any atom is -0.333 e. The second kappa shape index (κ2) is 7.27. The van der Waals surface area contributed by atoms with E-state index in [4.69, 9.17) is 0 Å². The molecule has 21 heavy (non-hydrogen) atoms. The summed E-state index contributed by atoms with van der Waals surface area (Å²) in [5.74, 6) is 0.379. The Morgan fingerprint density at radius 1 is 1.24 bits per heavy atom. The van der Waals surface area contributed by atoms with Crippen LogP contribution in [0.2, 0.25) is 0 Å². The third-order valence-electron chi connectivity index (χ3n) is 3.43. The van der Waals surface area contributed by atoms with E-state index in [2.05, 4.69) is 49.6 Å². The van der Waals surface area contributed by atoms with Crippen molar-refractivity contribution in [2.45, 2.75) is 39.7 Å². The molecule has 0 aliphatic carbocycles. The number of anilines is 1. The Kier molecular flexibility index (Phi) is 5.39. The van der Waals surface area contributed by atoms with Crippen molar-refractivity contribution < 1.29 is 4.79 Å². The quantitative estimate of drug-likeness (QED) is 0.821. The van der Waals surface area contributed by atoms with Gasteiger partial charge in [-0.3, -0.25) is 0 Å². The van der Waals surface area contributed by atoms with E-state index >= 15 is 0 Å². The fraction of sp³-hybridized carbons (Fsp3) is 0.353. The van der Waals surface area contributed by atoms with E-state index in [9.17, 15) is 4.79 Å². The van der Waals surface area contributed by atoms with Gasteiger partial charge in [-0.25, -0.2) is 4.79 Å². The van der Waals surface area contributed by atoms with Crippen molar-refractivity contribution in [2.24, 2.45) is 0 Å². The molecule has 0 fully saturated rings. The smallest absolute Gasteiger partial charge is 0.319 e. The van der Waals surface area contributed by atoms with E-state index in [-0.39, 0.29) is 6.03 Å². The zero-order valence-electron chi connectivity index (χ0n) is 12.8. The van der Waals surface area contributed by atoms with Gasteiger partial charge >= 0.3 is 6.03 Å². The van der Waals surface area contributed by atoms with Crippen LogP contribution in [-0.4, -0.2) is 6.03 Å². The maximum absolute atomic E-state index is 12.1. The highest BCUT2D eigenvalue weighted by Gasteiger charge is 2.13. The van der Waals surface area contributed by atoms with Crippen molar-refractivity contribution >= 4 is 23.1 Å². The van der Waals surface area contributed by atoms with Gasteiger partial charge in [-0.05, 0) is 34.9 Å². The van der Waals surface area contributed by atoms with E-state index in [0.29, 0.717) is 12.5 Å². The van der Waals surface area contributed by atoms with Gasteiger partial charge in [0.2, 0.25) is 0 Å². The normalized spacial score (nSPS) is 10.7. The first-order chi connectivity index (χ1) is 10.1. The lowest BCUT2D eigenvalue weighted by Crippen LogP contribution is -2.28. The summed E-state index contributed by atoms with van der Waals surface area (Å²) in [6.45, 7) is 6.95. The molecular weight excluding hydrogens is 280 g/mol. The minimum atomic E-state index is -0.147. The highest BCUT2D eigenvalue weighted by atomic mass is 32.1. The lowest BCUT2D eigenvalue weighted by Gasteiger charge is -2.17. The Hall–Kier alpha value is -1.81. The molecule has 2 amide bonds. The van der Waals surface area contributed by atoms with Gasteiger partial charge in [-0.1, -0.05) is 45.0 Å². The van der Waals surface area contributed by atoms with Crippen LogP contribution in [0, 0.1) is 0 Å². The van der Waals surface area contributed by atoms with Crippen molar-refractivity contribution in [3.05, 3.63) is 51.7 Å². The van der Waals surface area contributed by atoms with E-state index < -0.39 is 0 Å². The second-order valence-electron chi connectivity index (χ2n) is 5.28. The minimum absolute atomic E-state index is 0.147. The molecule has 2 aromatic rings. The Balaban J connectivity index is 2.08. The van der Waals surface area contributed by atoms with Crippen molar-refractivity contribution in [2.75, 3.05) is 5.32 Å². The number of thiophene rings is 1. The molecule has 0 aliphatic rings. The van der Waals surface area contributed by atoms with Crippen molar-refractivity contribution in [3.63, 3.8) is 0 Å². The number of para-hydroxylation sites is 1. The first kappa shape index (κ1) is 15.6. The number of hydrogen-bond acceptors (Lipinski definition) is 2. The zero-order valence-corrected chi connectivity index (χ0v) is 13.6. The fourth-order valence-electron chi connectivity index (χ4n) is 2.29. The number of nitrogens with one attached hydrogen (secondary N) is 2. The lowest BCUT2D eigenvalue weighted by molar-refractivity contribution is 0.252. The molecule has 2 N–H and O–H groups in total.